The molecule has 2 N–H and O–H groups in total. The summed E-state index contributed by atoms with van der Waals surface area (Å²) in [6, 6.07) is 6.69. The van der Waals surface area contributed by atoms with Gasteiger partial charge < -0.3 is 10.6 Å². The van der Waals surface area contributed by atoms with E-state index >= 15 is 0 Å². The molecule has 0 saturated carbocycles. The zero-order valence-electron chi connectivity index (χ0n) is 17.1. The lowest BCUT2D eigenvalue weighted by Crippen LogP contribution is -2.48. The van der Waals surface area contributed by atoms with Gasteiger partial charge in [-0.25, -0.2) is 8.78 Å². The van der Waals surface area contributed by atoms with E-state index in [1.165, 1.54) is 17.7 Å². The van der Waals surface area contributed by atoms with Crippen LogP contribution in [0.1, 0.15) is 43.7 Å². The summed E-state index contributed by atoms with van der Waals surface area (Å²) in [6.45, 7) is 8.34. The second-order valence-corrected chi connectivity index (χ2v) is 8.40. The molecule has 1 saturated heterocycles. The van der Waals surface area contributed by atoms with Crippen molar-refractivity contribution in [2.75, 3.05) is 26.2 Å². The monoisotopic (exact) mass is 420 g/mol. The van der Waals surface area contributed by atoms with Gasteiger partial charge in [0.15, 0.2) is 17.6 Å². The normalized spacial score (nSPS) is 17.3. The third-order valence-corrected chi connectivity index (χ3v) is 6.00. The van der Waals surface area contributed by atoms with E-state index in [4.69, 9.17) is 4.99 Å². The summed E-state index contributed by atoms with van der Waals surface area (Å²) < 4.78 is 26.5. The van der Waals surface area contributed by atoms with Crippen LogP contribution in [0.3, 0.4) is 0 Å². The van der Waals surface area contributed by atoms with Gasteiger partial charge in [0.25, 0.3) is 0 Å². The number of nitrogens with zero attached hydrogens (tertiary/aromatic N) is 2. The molecule has 1 atom stereocenters. The summed E-state index contributed by atoms with van der Waals surface area (Å²) in [6.07, 6.45) is 1.99. The zero-order chi connectivity index (χ0) is 20.6. The highest BCUT2D eigenvalue weighted by atomic mass is 32.1. The molecular weight excluding hydrogens is 390 g/mol. The van der Waals surface area contributed by atoms with Crippen LogP contribution in [-0.4, -0.2) is 43.1 Å². The molecular formula is C22H30F2N4S. The molecule has 29 heavy (non-hydrogen) atoms. The highest BCUT2D eigenvalue weighted by Gasteiger charge is 2.20. The molecule has 0 amide bonds. The van der Waals surface area contributed by atoms with E-state index in [2.05, 4.69) is 46.2 Å². The molecule has 1 aliphatic rings. The van der Waals surface area contributed by atoms with Crippen molar-refractivity contribution < 1.29 is 8.78 Å². The van der Waals surface area contributed by atoms with Crippen LogP contribution in [0, 0.1) is 11.6 Å². The lowest BCUT2D eigenvalue weighted by atomic mass is 10.0. The topological polar surface area (TPSA) is 39.7 Å². The number of halogens is 2. The van der Waals surface area contributed by atoms with Crippen LogP contribution in [0.15, 0.2) is 40.0 Å². The first-order valence-electron chi connectivity index (χ1n) is 10.3. The Labute approximate surface area is 176 Å². The first-order valence-corrected chi connectivity index (χ1v) is 11.2. The zero-order valence-corrected chi connectivity index (χ0v) is 17.9. The van der Waals surface area contributed by atoms with Crippen molar-refractivity contribution >= 4 is 17.3 Å². The van der Waals surface area contributed by atoms with Gasteiger partial charge in [-0.15, -0.1) is 0 Å². The minimum absolute atomic E-state index is 0.366. The third kappa shape index (κ3) is 6.51. The van der Waals surface area contributed by atoms with Gasteiger partial charge >= 0.3 is 0 Å². The average Bonchev–Trinajstić information content (AvgIpc) is 3.25. The number of likely N-dealkylation sites (tertiary alicyclic amines) is 1. The molecule has 0 bridgehead atoms. The number of aliphatic imine (C=N–C) groups is 1. The van der Waals surface area contributed by atoms with Crippen molar-refractivity contribution in [1.29, 1.82) is 0 Å². The summed E-state index contributed by atoms with van der Waals surface area (Å²) in [4.78, 5) is 7.06. The summed E-state index contributed by atoms with van der Waals surface area (Å²) in [7, 11) is 0. The third-order valence-electron chi connectivity index (χ3n) is 5.30. The molecule has 7 heteroatoms. The van der Waals surface area contributed by atoms with Crippen molar-refractivity contribution in [2.24, 2.45) is 4.99 Å². The Balaban J connectivity index is 1.48. The Hall–Kier alpha value is -1.99. The quantitative estimate of drug-likeness (QED) is 0.517. The van der Waals surface area contributed by atoms with Crippen molar-refractivity contribution in [2.45, 2.75) is 45.2 Å². The summed E-state index contributed by atoms with van der Waals surface area (Å²) in [5, 5.41) is 11.2. The van der Waals surface area contributed by atoms with Crippen LogP contribution >= 0.6 is 11.3 Å². The van der Waals surface area contributed by atoms with Crippen LogP contribution < -0.4 is 10.6 Å². The molecule has 158 valence electrons. The minimum atomic E-state index is -0.791. The van der Waals surface area contributed by atoms with Gasteiger partial charge in [0.2, 0.25) is 0 Å². The number of rotatable bonds is 7. The number of nitrogens with one attached hydrogen (secondary N) is 2. The maximum absolute atomic E-state index is 13.4. The SMILES string of the molecule is CCNC(=NCC(C)c1ccsc1)NC1CCN(Cc2ccc(F)c(F)c2)CC1. The van der Waals surface area contributed by atoms with Gasteiger partial charge in [0.05, 0.1) is 0 Å². The fourth-order valence-corrected chi connectivity index (χ4v) is 4.32. The van der Waals surface area contributed by atoms with Gasteiger partial charge in [-0.2, -0.15) is 11.3 Å². The summed E-state index contributed by atoms with van der Waals surface area (Å²) in [5.41, 5.74) is 2.15. The van der Waals surface area contributed by atoms with Crippen LogP contribution in [0.25, 0.3) is 0 Å². The number of benzene rings is 1. The second-order valence-electron chi connectivity index (χ2n) is 7.62. The fraction of sp³-hybridized carbons (Fsp3) is 0.500. The first-order chi connectivity index (χ1) is 14.0. The fourth-order valence-electron chi connectivity index (χ4n) is 3.53. The minimum Gasteiger partial charge on any atom is -0.357 e. The summed E-state index contributed by atoms with van der Waals surface area (Å²) >= 11 is 1.72. The Morgan fingerprint density at radius 2 is 2.03 bits per heavy atom. The molecule has 2 aromatic rings. The predicted molar refractivity (Wildman–Crippen MR) is 117 cm³/mol. The Kier molecular flexibility index (Phi) is 8.00. The van der Waals surface area contributed by atoms with Crippen LogP contribution in [0.2, 0.25) is 0 Å². The number of guanidine groups is 1. The predicted octanol–water partition coefficient (Wildman–Crippen LogP) is 4.35. The molecule has 4 nitrogen and oxygen atoms in total. The number of piperidine rings is 1. The van der Waals surface area contributed by atoms with E-state index in [1.54, 1.807) is 17.4 Å². The molecule has 1 aromatic carbocycles. The van der Waals surface area contributed by atoms with Crippen molar-refractivity contribution in [3.8, 4) is 0 Å². The second kappa shape index (κ2) is 10.7. The average molecular weight is 421 g/mol. The summed E-state index contributed by atoms with van der Waals surface area (Å²) in [5.74, 6) is -0.300. The van der Waals surface area contributed by atoms with Crippen molar-refractivity contribution in [3.63, 3.8) is 0 Å². The van der Waals surface area contributed by atoms with E-state index in [0.29, 0.717) is 18.5 Å². The largest absolute Gasteiger partial charge is 0.357 e. The standard InChI is InChI=1S/C22H30F2N4S/c1-3-25-22(26-13-16(2)18-8-11-29-15-18)27-19-6-9-28(10-7-19)14-17-4-5-20(23)21(24)12-17/h4-5,8,11-12,15-16,19H,3,6-7,9-10,13-14H2,1-2H3,(H2,25,26,27). The van der Waals surface area contributed by atoms with Gasteiger partial charge in [-0.1, -0.05) is 13.0 Å². The van der Waals surface area contributed by atoms with E-state index in [9.17, 15) is 8.78 Å². The van der Waals surface area contributed by atoms with E-state index in [1.807, 2.05) is 0 Å². The molecule has 2 heterocycles. The van der Waals surface area contributed by atoms with Crippen LogP contribution in [-0.2, 0) is 6.54 Å². The first kappa shape index (κ1) is 21.7. The van der Waals surface area contributed by atoms with Crippen molar-refractivity contribution in [3.05, 3.63) is 57.8 Å². The number of hydrogen-bond donors (Lipinski definition) is 2. The Bertz CT molecular complexity index is 786. The van der Waals surface area contributed by atoms with E-state index < -0.39 is 11.6 Å². The molecule has 1 aromatic heterocycles. The van der Waals surface area contributed by atoms with E-state index in [0.717, 1.165) is 50.5 Å². The molecule has 1 fully saturated rings. The molecule has 1 unspecified atom stereocenters. The number of hydrogen-bond acceptors (Lipinski definition) is 3. The van der Waals surface area contributed by atoms with Crippen LogP contribution in [0.5, 0.6) is 0 Å². The highest BCUT2D eigenvalue weighted by Crippen LogP contribution is 2.19. The maximum atomic E-state index is 13.4. The van der Waals surface area contributed by atoms with Gasteiger partial charge in [0.1, 0.15) is 0 Å². The molecule has 1 aliphatic heterocycles. The molecule has 3 rings (SSSR count). The molecule has 0 spiro atoms. The number of thiophene rings is 1. The lowest BCUT2D eigenvalue weighted by molar-refractivity contribution is 0.198. The highest BCUT2D eigenvalue weighted by molar-refractivity contribution is 7.07. The Morgan fingerprint density at radius 1 is 1.24 bits per heavy atom. The van der Waals surface area contributed by atoms with Crippen LogP contribution in [0.4, 0.5) is 8.78 Å². The maximum Gasteiger partial charge on any atom is 0.191 e. The Morgan fingerprint density at radius 3 is 2.69 bits per heavy atom. The van der Waals surface area contributed by atoms with Gasteiger partial charge in [0, 0.05) is 44.7 Å². The smallest absolute Gasteiger partial charge is 0.191 e. The van der Waals surface area contributed by atoms with E-state index in [-0.39, 0.29) is 0 Å². The lowest BCUT2D eigenvalue weighted by Gasteiger charge is -2.33. The molecule has 0 aliphatic carbocycles. The van der Waals surface area contributed by atoms with Gasteiger partial charge in [-0.3, -0.25) is 9.89 Å². The van der Waals surface area contributed by atoms with Gasteiger partial charge in [-0.05, 0) is 59.9 Å². The molecule has 0 radical (unpaired) electrons. The van der Waals surface area contributed by atoms with Crippen molar-refractivity contribution in [1.82, 2.24) is 15.5 Å².